The van der Waals surface area contributed by atoms with E-state index in [1.54, 1.807) is 18.1 Å². The Morgan fingerprint density at radius 1 is 1.04 bits per heavy atom. The molecule has 0 unspecified atom stereocenters. The second-order valence-electron chi connectivity index (χ2n) is 6.50. The lowest BCUT2D eigenvalue weighted by atomic mass is 10.0. The van der Waals surface area contributed by atoms with E-state index in [1.807, 2.05) is 54.6 Å². The summed E-state index contributed by atoms with van der Waals surface area (Å²) in [6.07, 6.45) is 2.01. The minimum atomic E-state index is 0.0212. The molecule has 4 nitrogen and oxygen atoms in total. The van der Waals surface area contributed by atoms with Crippen molar-refractivity contribution in [3.8, 4) is 11.3 Å². The number of rotatable bonds is 7. The van der Waals surface area contributed by atoms with E-state index in [0.29, 0.717) is 18.1 Å². The molecule has 0 bridgehead atoms. The second-order valence-corrected chi connectivity index (χ2v) is 7.61. The van der Waals surface area contributed by atoms with Gasteiger partial charge in [0.15, 0.2) is 0 Å². The molecule has 2 aromatic carbocycles. The van der Waals surface area contributed by atoms with Crippen molar-refractivity contribution in [2.24, 2.45) is 0 Å². The summed E-state index contributed by atoms with van der Waals surface area (Å²) >= 11 is 1.57. The third-order valence-corrected chi connectivity index (χ3v) is 5.07. The highest BCUT2D eigenvalue weighted by Crippen LogP contribution is 2.25. The molecule has 1 amide bonds. The molecule has 0 fully saturated rings. The summed E-state index contributed by atoms with van der Waals surface area (Å²) in [7, 11) is 0. The fraction of sp³-hybridized carbons (Fsp3) is 0.227. The van der Waals surface area contributed by atoms with Gasteiger partial charge < -0.3 is 5.32 Å². The van der Waals surface area contributed by atoms with Crippen LogP contribution in [0.4, 0.5) is 5.69 Å². The molecule has 27 heavy (non-hydrogen) atoms. The first-order valence-corrected chi connectivity index (χ1v) is 10.0. The van der Waals surface area contributed by atoms with Crippen LogP contribution in [0.15, 0.2) is 72.0 Å². The highest BCUT2D eigenvalue weighted by molar-refractivity contribution is 7.99. The molecule has 3 aromatic rings. The molecule has 1 heterocycles. The van der Waals surface area contributed by atoms with Gasteiger partial charge in [0, 0.05) is 23.4 Å². The average molecular weight is 378 g/mol. The number of para-hydroxylation sites is 1. The van der Waals surface area contributed by atoms with Crippen molar-refractivity contribution < 1.29 is 4.79 Å². The maximum Gasteiger partial charge on any atom is 0.225 e. The molecule has 0 aliphatic heterocycles. The van der Waals surface area contributed by atoms with Gasteiger partial charge in [-0.15, -0.1) is 11.8 Å². The van der Waals surface area contributed by atoms with Crippen LogP contribution in [0.3, 0.4) is 0 Å². The SMILES string of the molecule is CC(C)c1ccccc1NC(=O)CCSc1cc(-c2ccccc2)ncn1. The topological polar surface area (TPSA) is 54.9 Å². The minimum absolute atomic E-state index is 0.0212. The molecule has 138 valence electrons. The van der Waals surface area contributed by atoms with E-state index in [-0.39, 0.29) is 5.91 Å². The summed E-state index contributed by atoms with van der Waals surface area (Å²) in [6, 6.07) is 19.9. The van der Waals surface area contributed by atoms with E-state index < -0.39 is 0 Å². The van der Waals surface area contributed by atoms with Crippen LogP contribution in [0.1, 0.15) is 31.7 Å². The summed E-state index contributed by atoms with van der Waals surface area (Å²) in [5.41, 5.74) is 4.01. The maximum atomic E-state index is 12.3. The number of hydrogen-bond acceptors (Lipinski definition) is 4. The summed E-state index contributed by atoms with van der Waals surface area (Å²) in [5, 5.41) is 3.90. The Bertz CT molecular complexity index is 897. The monoisotopic (exact) mass is 377 g/mol. The summed E-state index contributed by atoms with van der Waals surface area (Å²) in [5.74, 6) is 1.06. The van der Waals surface area contributed by atoms with E-state index in [0.717, 1.165) is 27.5 Å². The lowest BCUT2D eigenvalue weighted by Crippen LogP contribution is -2.14. The smallest absolute Gasteiger partial charge is 0.225 e. The fourth-order valence-corrected chi connectivity index (χ4v) is 3.57. The Morgan fingerprint density at radius 2 is 1.78 bits per heavy atom. The van der Waals surface area contributed by atoms with Crippen LogP contribution in [0, 0.1) is 0 Å². The van der Waals surface area contributed by atoms with Crippen LogP contribution in [0.5, 0.6) is 0 Å². The van der Waals surface area contributed by atoms with E-state index in [2.05, 4.69) is 35.2 Å². The molecule has 0 aliphatic carbocycles. The van der Waals surface area contributed by atoms with Gasteiger partial charge in [0.2, 0.25) is 5.91 Å². The maximum absolute atomic E-state index is 12.3. The van der Waals surface area contributed by atoms with Crippen molar-refractivity contribution in [3.05, 3.63) is 72.6 Å². The number of nitrogens with zero attached hydrogens (tertiary/aromatic N) is 2. The van der Waals surface area contributed by atoms with Crippen LogP contribution in [-0.2, 0) is 4.79 Å². The van der Waals surface area contributed by atoms with Crippen molar-refractivity contribution in [3.63, 3.8) is 0 Å². The Balaban J connectivity index is 1.55. The van der Waals surface area contributed by atoms with E-state index >= 15 is 0 Å². The van der Waals surface area contributed by atoms with E-state index in [4.69, 9.17) is 0 Å². The normalized spacial score (nSPS) is 10.8. The molecule has 0 atom stereocenters. The van der Waals surface area contributed by atoms with E-state index in [1.165, 1.54) is 0 Å². The minimum Gasteiger partial charge on any atom is -0.326 e. The van der Waals surface area contributed by atoms with Gasteiger partial charge in [-0.05, 0) is 23.6 Å². The lowest BCUT2D eigenvalue weighted by molar-refractivity contribution is -0.115. The first kappa shape index (κ1) is 19.1. The molecule has 0 saturated heterocycles. The van der Waals surface area contributed by atoms with Gasteiger partial charge in [0.05, 0.1) is 10.7 Å². The fourth-order valence-electron chi connectivity index (χ4n) is 2.76. The Kier molecular flexibility index (Phi) is 6.60. The van der Waals surface area contributed by atoms with Crippen LogP contribution in [0.25, 0.3) is 11.3 Å². The first-order valence-electron chi connectivity index (χ1n) is 9.02. The molecule has 0 saturated carbocycles. The zero-order chi connectivity index (χ0) is 19.1. The van der Waals surface area contributed by atoms with Crippen molar-refractivity contribution in [1.29, 1.82) is 0 Å². The Labute approximate surface area is 164 Å². The van der Waals surface area contributed by atoms with Crippen LogP contribution in [-0.4, -0.2) is 21.6 Å². The third-order valence-electron chi connectivity index (χ3n) is 4.15. The number of hydrogen-bond donors (Lipinski definition) is 1. The van der Waals surface area contributed by atoms with Crippen molar-refractivity contribution in [2.45, 2.75) is 31.2 Å². The largest absolute Gasteiger partial charge is 0.326 e. The number of aromatic nitrogens is 2. The summed E-state index contributed by atoms with van der Waals surface area (Å²) in [4.78, 5) is 20.9. The number of benzene rings is 2. The molecule has 1 N–H and O–H groups in total. The first-order chi connectivity index (χ1) is 13.1. The molecular weight excluding hydrogens is 354 g/mol. The van der Waals surface area contributed by atoms with Gasteiger partial charge in [0.25, 0.3) is 0 Å². The zero-order valence-corrected chi connectivity index (χ0v) is 16.4. The number of nitrogens with one attached hydrogen (secondary N) is 1. The Hall–Kier alpha value is -2.66. The molecule has 3 rings (SSSR count). The number of carbonyl (C=O) groups is 1. The van der Waals surface area contributed by atoms with E-state index in [9.17, 15) is 4.79 Å². The highest BCUT2D eigenvalue weighted by atomic mass is 32.2. The molecule has 0 radical (unpaired) electrons. The standard InChI is InChI=1S/C22H23N3OS/c1-16(2)18-10-6-7-11-19(18)25-21(26)12-13-27-22-14-20(23-15-24-22)17-8-4-3-5-9-17/h3-11,14-16H,12-13H2,1-2H3,(H,25,26). The van der Waals surface area contributed by atoms with Crippen LogP contribution < -0.4 is 5.32 Å². The van der Waals surface area contributed by atoms with Gasteiger partial charge in [-0.2, -0.15) is 0 Å². The highest BCUT2D eigenvalue weighted by Gasteiger charge is 2.10. The van der Waals surface area contributed by atoms with Crippen molar-refractivity contribution >= 4 is 23.4 Å². The number of carbonyl (C=O) groups excluding carboxylic acids is 1. The van der Waals surface area contributed by atoms with Gasteiger partial charge in [-0.3, -0.25) is 4.79 Å². The predicted molar refractivity (Wildman–Crippen MR) is 112 cm³/mol. The van der Waals surface area contributed by atoms with Gasteiger partial charge in [-0.1, -0.05) is 62.4 Å². The molecule has 0 aliphatic rings. The quantitative estimate of drug-likeness (QED) is 0.443. The zero-order valence-electron chi connectivity index (χ0n) is 15.6. The third kappa shape index (κ3) is 5.41. The number of anilines is 1. The number of amides is 1. The van der Waals surface area contributed by atoms with Crippen molar-refractivity contribution in [1.82, 2.24) is 9.97 Å². The molecular formula is C22H23N3OS. The van der Waals surface area contributed by atoms with Gasteiger partial charge in [-0.25, -0.2) is 9.97 Å². The average Bonchev–Trinajstić information content (AvgIpc) is 2.69. The summed E-state index contributed by atoms with van der Waals surface area (Å²) in [6.45, 7) is 4.25. The second kappa shape index (κ2) is 9.33. The van der Waals surface area contributed by atoms with Crippen LogP contribution in [0.2, 0.25) is 0 Å². The summed E-state index contributed by atoms with van der Waals surface area (Å²) < 4.78 is 0. The van der Waals surface area contributed by atoms with Crippen LogP contribution >= 0.6 is 11.8 Å². The predicted octanol–water partition coefficient (Wildman–Crippen LogP) is 5.39. The van der Waals surface area contributed by atoms with Gasteiger partial charge in [0.1, 0.15) is 6.33 Å². The lowest BCUT2D eigenvalue weighted by Gasteiger charge is -2.13. The molecule has 1 aromatic heterocycles. The van der Waals surface area contributed by atoms with Crippen molar-refractivity contribution in [2.75, 3.05) is 11.1 Å². The Morgan fingerprint density at radius 3 is 2.56 bits per heavy atom. The number of thioether (sulfide) groups is 1. The molecule has 5 heteroatoms. The molecule has 0 spiro atoms. The van der Waals surface area contributed by atoms with Gasteiger partial charge >= 0.3 is 0 Å².